The Balaban J connectivity index is 1.83. The van der Waals surface area contributed by atoms with Crippen LogP contribution in [0.5, 0.6) is 0 Å². The van der Waals surface area contributed by atoms with Crippen molar-refractivity contribution in [1.29, 1.82) is 0 Å². The molecule has 0 atom stereocenters. The molecule has 2 heterocycles. The van der Waals surface area contributed by atoms with Crippen LogP contribution in [-0.4, -0.2) is 29.4 Å². The molecule has 0 radical (unpaired) electrons. The molecule has 0 aliphatic rings. The number of amides is 1. The van der Waals surface area contributed by atoms with E-state index in [0.717, 1.165) is 30.1 Å². The third-order valence-electron chi connectivity index (χ3n) is 2.84. The van der Waals surface area contributed by atoms with E-state index in [4.69, 9.17) is 5.73 Å². The van der Waals surface area contributed by atoms with Crippen molar-refractivity contribution < 1.29 is 4.79 Å². The minimum absolute atomic E-state index is 0.362. The smallest absolute Gasteiger partial charge is 0.249 e. The molecule has 1 amide bonds. The molecule has 0 saturated heterocycles. The Hall–Kier alpha value is -1.72. The van der Waals surface area contributed by atoms with Crippen molar-refractivity contribution in [3.8, 4) is 0 Å². The summed E-state index contributed by atoms with van der Waals surface area (Å²) >= 11 is 1.57. The lowest BCUT2D eigenvalue weighted by molar-refractivity contribution is 0.100. The second kappa shape index (κ2) is 6.45. The number of aromatic nitrogens is 1. The molecule has 0 fully saturated rings. The quantitative estimate of drug-likeness (QED) is 0.876. The second-order valence-electron chi connectivity index (χ2n) is 4.47. The summed E-state index contributed by atoms with van der Waals surface area (Å²) in [6.45, 7) is 1.76. The Morgan fingerprint density at radius 3 is 2.95 bits per heavy atom. The van der Waals surface area contributed by atoms with E-state index in [2.05, 4.69) is 16.9 Å². The number of nitrogens with two attached hydrogens (primary N) is 1. The fourth-order valence-corrected chi connectivity index (χ4v) is 2.74. The molecule has 0 aliphatic heterocycles. The van der Waals surface area contributed by atoms with Crippen molar-refractivity contribution in [2.75, 3.05) is 13.6 Å². The number of hydrogen-bond acceptors (Lipinski definition) is 4. The molecule has 19 heavy (non-hydrogen) atoms. The van der Waals surface area contributed by atoms with Gasteiger partial charge in [-0.2, -0.15) is 0 Å². The minimum Gasteiger partial charge on any atom is -0.366 e. The van der Waals surface area contributed by atoms with Gasteiger partial charge in [0.05, 0.1) is 5.56 Å². The highest BCUT2D eigenvalue weighted by molar-refractivity contribution is 7.10. The normalized spacial score (nSPS) is 10.8. The van der Waals surface area contributed by atoms with Gasteiger partial charge < -0.3 is 10.6 Å². The predicted octanol–water partition coefficient (Wildman–Crippen LogP) is 1.92. The monoisotopic (exact) mass is 275 g/mol. The average molecular weight is 275 g/mol. The molecule has 5 heteroatoms. The van der Waals surface area contributed by atoms with Crippen molar-refractivity contribution in [3.63, 3.8) is 0 Å². The van der Waals surface area contributed by atoms with Gasteiger partial charge in [-0.1, -0.05) is 6.07 Å². The van der Waals surface area contributed by atoms with E-state index in [1.807, 2.05) is 35.8 Å². The number of primary amides is 1. The molecular weight excluding hydrogens is 258 g/mol. The zero-order valence-electron chi connectivity index (χ0n) is 10.9. The number of likely N-dealkylation sites (N-methyl/N-ethyl adjacent to an activating group) is 1. The highest BCUT2D eigenvalue weighted by Crippen LogP contribution is 2.16. The number of carbonyl (C=O) groups excluding carboxylic acids is 1. The largest absolute Gasteiger partial charge is 0.366 e. The molecule has 100 valence electrons. The maximum Gasteiger partial charge on any atom is 0.249 e. The van der Waals surface area contributed by atoms with E-state index in [-0.39, 0.29) is 5.91 Å². The first-order chi connectivity index (χ1) is 9.15. The van der Waals surface area contributed by atoms with Gasteiger partial charge in [-0.3, -0.25) is 9.78 Å². The van der Waals surface area contributed by atoms with Gasteiger partial charge in [0.15, 0.2) is 0 Å². The number of rotatable bonds is 6. The van der Waals surface area contributed by atoms with Crippen LogP contribution in [0.15, 0.2) is 35.8 Å². The Labute approximate surface area is 116 Å². The third-order valence-corrected chi connectivity index (χ3v) is 3.76. The molecule has 4 nitrogen and oxygen atoms in total. The van der Waals surface area contributed by atoms with Crippen molar-refractivity contribution in [2.24, 2.45) is 5.73 Å². The first-order valence-corrected chi connectivity index (χ1v) is 6.99. The number of carbonyl (C=O) groups is 1. The summed E-state index contributed by atoms with van der Waals surface area (Å²) in [6, 6.07) is 7.82. The van der Waals surface area contributed by atoms with E-state index < -0.39 is 0 Å². The van der Waals surface area contributed by atoms with Crippen LogP contribution in [0.3, 0.4) is 0 Å². The van der Waals surface area contributed by atoms with Gasteiger partial charge in [-0.05, 0) is 25.2 Å². The molecule has 0 bridgehead atoms. The fourth-order valence-electron chi connectivity index (χ4n) is 1.79. The van der Waals surface area contributed by atoms with E-state index in [1.165, 1.54) is 0 Å². The van der Waals surface area contributed by atoms with Gasteiger partial charge in [-0.25, -0.2) is 0 Å². The van der Waals surface area contributed by atoms with Crippen molar-refractivity contribution >= 4 is 17.2 Å². The molecule has 0 aromatic carbocycles. The summed E-state index contributed by atoms with van der Waals surface area (Å²) in [5, 5.41) is 1.81. The molecular formula is C14H17N3OS. The summed E-state index contributed by atoms with van der Waals surface area (Å²) in [7, 11) is 2.06. The van der Waals surface area contributed by atoms with E-state index in [1.54, 1.807) is 11.3 Å². The summed E-state index contributed by atoms with van der Waals surface area (Å²) in [5.74, 6) is -0.362. The second-order valence-corrected chi connectivity index (χ2v) is 5.47. The number of nitrogens with zero attached hydrogens (tertiary/aromatic N) is 2. The average Bonchev–Trinajstić information content (AvgIpc) is 2.86. The van der Waals surface area contributed by atoms with Crippen molar-refractivity contribution in [3.05, 3.63) is 52.0 Å². The van der Waals surface area contributed by atoms with Crippen LogP contribution in [0.2, 0.25) is 0 Å². The Morgan fingerprint density at radius 2 is 2.32 bits per heavy atom. The number of hydrogen-bond donors (Lipinski definition) is 1. The van der Waals surface area contributed by atoms with Gasteiger partial charge in [0.1, 0.15) is 0 Å². The first kappa shape index (κ1) is 13.7. The van der Waals surface area contributed by atoms with Gasteiger partial charge in [0.2, 0.25) is 5.91 Å². The first-order valence-electron chi connectivity index (χ1n) is 6.11. The van der Waals surface area contributed by atoms with Gasteiger partial charge >= 0.3 is 0 Å². The van der Waals surface area contributed by atoms with Crippen LogP contribution >= 0.6 is 11.3 Å². The predicted molar refractivity (Wildman–Crippen MR) is 77.1 cm³/mol. The molecule has 2 aromatic heterocycles. The highest BCUT2D eigenvalue weighted by Gasteiger charge is 2.07. The van der Waals surface area contributed by atoms with Crippen molar-refractivity contribution in [1.82, 2.24) is 9.88 Å². The lowest BCUT2D eigenvalue weighted by Crippen LogP contribution is -2.20. The van der Waals surface area contributed by atoms with Crippen molar-refractivity contribution in [2.45, 2.75) is 13.0 Å². The van der Waals surface area contributed by atoms with Gasteiger partial charge in [0.25, 0.3) is 0 Å². The highest BCUT2D eigenvalue weighted by atomic mass is 32.1. The molecule has 2 aromatic rings. The molecule has 0 saturated carbocycles. The van der Waals surface area contributed by atoms with Crippen LogP contribution in [0.4, 0.5) is 0 Å². The van der Waals surface area contributed by atoms with Crippen LogP contribution in [0.25, 0.3) is 0 Å². The van der Waals surface area contributed by atoms with Crippen LogP contribution in [0, 0.1) is 0 Å². The van der Waals surface area contributed by atoms with Gasteiger partial charge in [-0.15, -0.1) is 11.3 Å². The molecule has 0 aliphatic carbocycles. The number of thiophene rings is 1. The van der Waals surface area contributed by atoms with Crippen LogP contribution in [-0.2, 0) is 13.0 Å². The molecule has 2 N–H and O–H groups in total. The zero-order valence-corrected chi connectivity index (χ0v) is 11.7. The van der Waals surface area contributed by atoms with Crippen LogP contribution < -0.4 is 5.73 Å². The van der Waals surface area contributed by atoms with Gasteiger partial charge in [0, 0.05) is 41.7 Å². The van der Waals surface area contributed by atoms with E-state index in [0.29, 0.717) is 5.56 Å². The van der Waals surface area contributed by atoms with Crippen LogP contribution in [0.1, 0.15) is 20.9 Å². The Bertz CT molecular complexity index is 539. The summed E-state index contributed by atoms with van der Waals surface area (Å²) in [4.78, 5) is 18.7. The lowest BCUT2D eigenvalue weighted by Gasteiger charge is -2.14. The minimum atomic E-state index is -0.362. The van der Waals surface area contributed by atoms with E-state index >= 15 is 0 Å². The standard InChI is InChI=1S/C14H17N3OS/c1-17(7-5-12-4-2-3-6-16-12)9-13-8-11(10-19-13)14(15)18/h2-4,6,8,10H,5,7,9H2,1H3,(H2,15,18). The molecule has 2 rings (SSSR count). The fraction of sp³-hybridized carbons (Fsp3) is 0.286. The maximum atomic E-state index is 11.0. The Morgan fingerprint density at radius 1 is 1.47 bits per heavy atom. The zero-order chi connectivity index (χ0) is 13.7. The SMILES string of the molecule is CN(CCc1ccccn1)Cc1cc(C(N)=O)cs1. The maximum absolute atomic E-state index is 11.0. The summed E-state index contributed by atoms with van der Waals surface area (Å²) in [6.07, 6.45) is 2.74. The lowest BCUT2D eigenvalue weighted by atomic mass is 10.2. The Kier molecular flexibility index (Phi) is 4.65. The summed E-state index contributed by atoms with van der Waals surface area (Å²) < 4.78 is 0. The topological polar surface area (TPSA) is 59.2 Å². The summed E-state index contributed by atoms with van der Waals surface area (Å²) in [5.41, 5.74) is 6.93. The molecule has 0 spiro atoms. The molecule has 0 unspecified atom stereocenters. The van der Waals surface area contributed by atoms with E-state index in [9.17, 15) is 4.79 Å². The number of pyridine rings is 1. The third kappa shape index (κ3) is 4.15.